The molecule has 32 heavy (non-hydrogen) atoms. The highest BCUT2D eigenvalue weighted by molar-refractivity contribution is 5.95. The molecule has 0 bridgehead atoms. The van der Waals surface area contributed by atoms with Gasteiger partial charge in [0, 0.05) is 49.7 Å². The van der Waals surface area contributed by atoms with Gasteiger partial charge in [0.1, 0.15) is 5.69 Å². The summed E-state index contributed by atoms with van der Waals surface area (Å²) in [7, 11) is 0. The highest BCUT2D eigenvalue weighted by Crippen LogP contribution is 2.29. The number of pyridine rings is 1. The van der Waals surface area contributed by atoms with Crippen molar-refractivity contribution in [2.45, 2.75) is 18.8 Å². The number of rotatable bonds is 4. The van der Waals surface area contributed by atoms with Crippen molar-refractivity contribution in [3.63, 3.8) is 0 Å². The lowest BCUT2D eigenvalue weighted by molar-refractivity contribution is 0.187. The number of urea groups is 2. The monoisotopic (exact) mass is 433 g/mol. The van der Waals surface area contributed by atoms with E-state index in [-0.39, 0.29) is 18.0 Å². The molecule has 4 amide bonds. The van der Waals surface area contributed by atoms with E-state index in [9.17, 15) is 9.59 Å². The van der Waals surface area contributed by atoms with Gasteiger partial charge in [-0.15, -0.1) is 0 Å². The first-order chi connectivity index (χ1) is 15.7. The van der Waals surface area contributed by atoms with Crippen LogP contribution in [0.15, 0.2) is 53.2 Å². The number of nitrogens with one attached hydrogen (secondary N) is 2. The molecular weight excluding hydrogens is 410 g/mol. The maximum atomic E-state index is 12.8. The number of amides is 4. The van der Waals surface area contributed by atoms with Crippen LogP contribution in [-0.2, 0) is 0 Å². The summed E-state index contributed by atoms with van der Waals surface area (Å²) >= 11 is 0. The lowest BCUT2D eigenvalue weighted by Crippen LogP contribution is -2.40. The summed E-state index contributed by atoms with van der Waals surface area (Å²) in [6.07, 6.45) is 3.18. The molecule has 0 radical (unpaired) electrons. The molecule has 2 saturated heterocycles. The largest absolute Gasteiger partial charge is 0.339 e. The number of nitrogens with zero attached hydrogens (tertiary/aromatic N) is 5. The molecule has 2 aromatic heterocycles. The molecule has 0 aliphatic carbocycles. The van der Waals surface area contributed by atoms with Crippen molar-refractivity contribution >= 4 is 23.4 Å². The smallest absolute Gasteiger partial charge is 0.321 e. The van der Waals surface area contributed by atoms with Gasteiger partial charge in [-0.3, -0.25) is 9.88 Å². The van der Waals surface area contributed by atoms with Crippen molar-refractivity contribution in [1.29, 1.82) is 0 Å². The first kappa shape index (κ1) is 20.0. The first-order valence-corrected chi connectivity index (χ1v) is 10.6. The Balaban J connectivity index is 1.18. The molecule has 0 saturated carbocycles. The minimum Gasteiger partial charge on any atom is -0.339 e. The average Bonchev–Trinajstić information content (AvgIpc) is 3.49. The van der Waals surface area contributed by atoms with Gasteiger partial charge in [0.25, 0.3) is 0 Å². The summed E-state index contributed by atoms with van der Waals surface area (Å²) in [6.45, 7) is 2.41. The van der Waals surface area contributed by atoms with Crippen molar-refractivity contribution in [2.24, 2.45) is 0 Å². The topological polar surface area (TPSA) is 116 Å². The third kappa shape index (κ3) is 4.11. The van der Waals surface area contributed by atoms with E-state index in [0.717, 1.165) is 18.5 Å². The zero-order valence-corrected chi connectivity index (χ0v) is 17.4. The van der Waals surface area contributed by atoms with E-state index in [1.165, 1.54) is 0 Å². The predicted octanol–water partition coefficient (Wildman–Crippen LogP) is 3.07. The van der Waals surface area contributed by atoms with Gasteiger partial charge in [-0.25, -0.2) is 9.59 Å². The highest BCUT2D eigenvalue weighted by Gasteiger charge is 2.28. The number of carbonyl (C=O) groups is 2. The van der Waals surface area contributed by atoms with Crippen molar-refractivity contribution < 1.29 is 14.1 Å². The first-order valence-electron chi connectivity index (χ1n) is 10.6. The normalized spacial score (nSPS) is 16.8. The summed E-state index contributed by atoms with van der Waals surface area (Å²) in [6, 6.07) is 12.6. The average molecular weight is 433 g/mol. The minimum absolute atomic E-state index is 0.112. The second kappa shape index (κ2) is 8.66. The fourth-order valence-electron chi connectivity index (χ4n) is 4.00. The molecule has 2 N–H and O–H groups in total. The van der Waals surface area contributed by atoms with E-state index in [2.05, 4.69) is 25.8 Å². The number of likely N-dealkylation sites (tertiary alicyclic amines) is 1. The molecule has 5 rings (SSSR count). The van der Waals surface area contributed by atoms with Crippen LogP contribution in [-0.4, -0.2) is 58.3 Å². The Kier molecular flexibility index (Phi) is 5.40. The van der Waals surface area contributed by atoms with Crippen LogP contribution in [0.3, 0.4) is 0 Å². The summed E-state index contributed by atoms with van der Waals surface area (Å²) in [5.74, 6) is 1.18. The molecule has 164 valence electrons. The second-order valence-electron chi connectivity index (χ2n) is 7.80. The van der Waals surface area contributed by atoms with Crippen LogP contribution in [0.5, 0.6) is 0 Å². The molecule has 0 atom stereocenters. The third-order valence-electron chi connectivity index (χ3n) is 5.73. The van der Waals surface area contributed by atoms with Crippen LogP contribution in [0, 0.1) is 0 Å². The summed E-state index contributed by atoms with van der Waals surface area (Å²) < 4.78 is 5.46. The molecule has 2 fully saturated rings. The third-order valence-corrected chi connectivity index (χ3v) is 5.73. The Hall–Kier alpha value is -3.95. The molecule has 10 nitrogen and oxygen atoms in total. The molecule has 3 aromatic rings. The molecule has 2 aliphatic rings. The Morgan fingerprint density at radius 3 is 2.75 bits per heavy atom. The molecule has 1 aromatic carbocycles. The van der Waals surface area contributed by atoms with Crippen LogP contribution < -0.4 is 15.5 Å². The SMILES string of the molecule is O=C(Nc1cccc(N2CCNC2=O)c1)N1CCC(c2nc(-c3ccccn3)no2)CC1. The number of hydrogen-bond donors (Lipinski definition) is 2. The summed E-state index contributed by atoms with van der Waals surface area (Å²) in [4.78, 5) is 36.8. The van der Waals surface area contributed by atoms with Gasteiger partial charge in [-0.1, -0.05) is 17.3 Å². The fourth-order valence-corrected chi connectivity index (χ4v) is 4.00. The van der Waals surface area contributed by atoms with Crippen LogP contribution in [0.4, 0.5) is 21.0 Å². The zero-order chi connectivity index (χ0) is 21.9. The van der Waals surface area contributed by atoms with Crippen molar-refractivity contribution in [2.75, 3.05) is 36.4 Å². The van der Waals surface area contributed by atoms with Gasteiger partial charge in [0.15, 0.2) is 0 Å². The number of carbonyl (C=O) groups excluding carboxylic acids is 2. The minimum atomic E-state index is -0.161. The molecule has 0 spiro atoms. The predicted molar refractivity (Wildman–Crippen MR) is 117 cm³/mol. The van der Waals surface area contributed by atoms with E-state index < -0.39 is 0 Å². The molecule has 10 heteroatoms. The van der Waals surface area contributed by atoms with Crippen LogP contribution in [0.25, 0.3) is 11.5 Å². The molecular formula is C22H23N7O3. The molecule has 4 heterocycles. The number of aromatic nitrogens is 3. The lowest BCUT2D eigenvalue weighted by Gasteiger charge is -2.30. The van der Waals surface area contributed by atoms with Crippen LogP contribution >= 0.6 is 0 Å². The van der Waals surface area contributed by atoms with Gasteiger partial charge in [0.05, 0.1) is 0 Å². The van der Waals surface area contributed by atoms with Gasteiger partial charge < -0.3 is 20.1 Å². The Labute approximate surface area is 184 Å². The van der Waals surface area contributed by atoms with Crippen molar-refractivity contribution in [1.82, 2.24) is 25.3 Å². The fraction of sp³-hybridized carbons (Fsp3) is 0.318. The van der Waals surface area contributed by atoms with Crippen LogP contribution in [0.1, 0.15) is 24.7 Å². The number of piperidine rings is 1. The van der Waals surface area contributed by atoms with E-state index in [1.54, 1.807) is 16.0 Å². The number of anilines is 2. The second-order valence-corrected chi connectivity index (χ2v) is 7.80. The van der Waals surface area contributed by atoms with Crippen molar-refractivity contribution in [3.8, 4) is 11.5 Å². The standard InChI is InChI=1S/C22H23N7O3/c30-21-24-10-13-29(21)17-5-3-4-16(14-17)25-22(31)28-11-7-15(8-12-28)20-26-19(27-32-20)18-6-1-2-9-23-18/h1-6,9,14-15H,7-8,10-13H2,(H,24,30)(H,25,31). The van der Waals surface area contributed by atoms with Crippen molar-refractivity contribution in [3.05, 3.63) is 54.6 Å². The lowest BCUT2D eigenvalue weighted by atomic mass is 9.97. The van der Waals surface area contributed by atoms with E-state index in [0.29, 0.717) is 49.3 Å². The maximum absolute atomic E-state index is 12.8. The zero-order valence-electron chi connectivity index (χ0n) is 17.4. The number of hydrogen-bond acceptors (Lipinski definition) is 6. The Morgan fingerprint density at radius 2 is 2.00 bits per heavy atom. The van der Waals surface area contributed by atoms with Gasteiger partial charge in [0.2, 0.25) is 11.7 Å². The van der Waals surface area contributed by atoms with Gasteiger partial charge >= 0.3 is 12.1 Å². The Bertz CT molecular complexity index is 1110. The van der Waals surface area contributed by atoms with Gasteiger partial charge in [-0.05, 0) is 43.2 Å². The molecule has 2 aliphatic heterocycles. The van der Waals surface area contributed by atoms with Crippen LogP contribution in [0.2, 0.25) is 0 Å². The highest BCUT2D eigenvalue weighted by atomic mass is 16.5. The van der Waals surface area contributed by atoms with E-state index >= 15 is 0 Å². The maximum Gasteiger partial charge on any atom is 0.321 e. The number of benzene rings is 1. The quantitative estimate of drug-likeness (QED) is 0.653. The van der Waals surface area contributed by atoms with E-state index in [1.807, 2.05) is 42.5 Å². The summed E-state index contributed by atoms with van der Waals surface area (Å²) in [5, 5.41) is 9.76. The Morgan fingerprint density at radius 1 is 1.12 bits per heavy atom. The van der Waals surface area contributed by atoms with E-state index in [4.69, 9.17) is 4.52 Å². The molecule has 0 unspecified atom stereocenters. The summed E-state index contributed by atoms with van der Waals surface area (Å²) in [5.41, 5.74) is 2.09. The van der Waals surface area contributed by atoms with Gasteiger partial charge in [-0.2, -0.15) is 4.98 Å².